The van der Waals surface area contributed by atoms with E-state index in [2.05, 4.69) is 35.8 Å². The van der Waals surface area contributed by atoms with E-state index in [0.717, 1.165) is 12.8 Å². The Morgan fingerprint density at radius 2 is 1.77 bits per heavy atom. The summed E-state index contributed by atoms with van der Waals surface area (Å²) >= 11 is 5.97. The molecule has 140 valence electrons. The van der Waals surface area contributed by atoms with Crippen molar-refractivity contribution >= 4 is 35.3 Å². The molecule has 1 aromatic carbocycles. The fourth-order valence-electron chi connectivity index (χ4n) is 2.00. The Morgan fingerprint density at radius 3 is 2.46 bits per heavy atom. The van der Waals surface area contributed by atoms with Crippen molar-refractivity contribution in [3.05, 3.63) is 52.6 Å². The van der Waals surface area contributed by atoms with Gasteiger partial charge in [0.2, 0.25) is 11.8 Å². The van der Waals surface area contributed by atoms with Crippen molar-refractivity contribution in [3.63, 3.8) is 0 Å². The van der Waals surface area contributed by atoms with Crippen LogP contribution < -0.4 is 10.7 Å². The first-order valence-corrected chi connectivity index (χ1v) is 8.91. The van der Waals surface area contributed by atoms with Gasteiger partial charge in [-0.05, 0) is 51.8 Å². The number of carbonyl (C=O) groups is 2. The number of benzene rings is 1. The monoisotopic (exact) mass is 375 g/mol. The number of nitrogens with zero attached hydrogens (tertiary/aromatic N) is 1. The van der Waals surface area contributed by atoms with Gasteiger partial charge in [0.05, 0.1) is 10.7 Å². The van der Waals surface area contributed by atoms with Gasteiger partial charge in [-0.1, -0.05) is 41.0 Å². The minimum Gasteiger partial charge on any atom is -0.325 e. The van der Waals surface area contributed by atoms with Crippen molar-refractivity contribution in [1.29, 1.82) is 0 Å². The predicted molar refractivity (Wildman–Crippen MR) is 108 cm³/mol. The molecule has 0 atom stereocenters. The van der Waals surface area contributed by atoms with Crippen LogP contribution in [-0.4, -0.2) is 18.0 Å². The standard InChI is InChI=1S/C20H26ClN3O2/c1-15(2)7-6-8-16(3)13-14-22-24-20(26)12-11-19(25)23-18-10-5-4-9-17(18)21/h4-5,7,9-10,13-14H,6,8,11-12H2,1-3H3,(H,23,25)(H,24,26)/b16-13+,22-14+. The van der Waals surface area contributed by atoms with Gasteiger partial charge in [0.15, 0.2) is 0 Å². The van der Waals surface area contributed by atoms with E-state index >= 15 is 0 Å². The molecule has 6 heteroatoms. The summed E-state index contributed by atoms with van der Waals surface area (Å²) in [5, 5.41) is 6.99. The molecule has 0 aliphatic heterocycles. The van der Waals surface area contributed by atoms with Crippen LogP contribution in [0.2, 0.25) is 5.02 Å². The molecule has 0 saturated heterocycles. The van der Waals surface area contributed by atoms with Crippen LogP contribution in [0.4, 0.5) is 5.69 Å². The summed E-state index contributed by atoms with van der Waals surface area (Å²) in [6, 6.07) is 6.95. The molecule has 5 nitrogen and oxygen atoms in total. The predicted octanol–water partition coefficient (Wildman–Crippen LogP) is 4.85. The first-order valence-electron chi connectivity index (χ1n) is 8.54. The number of amides is 2. The maximum Gasteiger partial charge on any atom is 0.240 e. The summed E-state index contributed by atoms with van der Waals surface area (Å²) in [6.07, 6.45) is 7.66. The zero-order valence-corrected chi connectivity index (χ0v) is 16.3. The van der Waals surface area contributed by atoms with Gasteiger partial charge >= 0.3 is 0 Å². The Labute approximate surface area is 160 Å². The van der Waals surface area contributed by atoms with Crippen LogP contribution in [-0.2, 0) is 9.59 Å². The Hall–Kier alpha value is -2.40. The fraction of sp³-hybridized carbons (Fsp3) is 0.350. The third kappa shape index (κ3) is 9.79. The van der Waals surface area contributed by atoms with Gasteiger partial charge in [-0.25, -0.2) is 5.43 Å². The molecule has 0 aliphatic rings. The van der Waals surface area contributed by atoms with Gasteiger partial charge in [-0.3, -0.25) is 9.59 Å². The highest BCUT2D eigenvalue weighted by Gasteiger charge is 2.08. The highest BCUT2D eigenvalue weighted by Crippen LogP contribution is 2.20. The molecule has 1 rings (SSSR count). The zero-order valence-electron chi connectivity index (χ0n) is 15.5. The highest BCUT2D eigenvalue weighted by molar-refractivity contribution is 6.33. The lowest BCUT2D eigenvalue weighted by molar-refractivity contribution is -0.124. The summed E-state index contributed by atoms with van der Waals surface area (Å²) in [5.74, 6) is -0.585. The van der Waals surface area contributed by atoms with E-state index in [9.17, 15) is 9.59 Å². The molecule has 0 unspecified atom stereocenters. The number of anilines is 1. The first-order chi connectivity index (χ1) is 12.4. The average molecular weight is 376 g/mol. The molecule has 0 saturated carbocycles. The molecule has 1 aromatic rings. The minimum absolute atomic E-state index is 0.0525. The van der Waals surface area contributed by atoms with E-state index in [1.807, 2.05) is 13.0 Å². The van der Waals surface area contributed by atoms with Crippen molar-refractivity contribution < 1.29 is 9.59 Å². The van der Waals surface area contributed by atoms with Gasteiger partial charge in [0, 0.05) is 19.1 Å². The molecule has 0 fully saturated rings. The van der Waals surface area contributed by atoms with E-state index in [0.29, 0.717) is 10.7 Å². The van der Waals surface area contributed by atoms with Crippen LogP contribution in [0.5, 0.6) is 0 Å². The number of hydrogen-bond acceptors (Lipinski definition) is 3. The van der Waals surface area contributed by atoms with Crippen LogP contribution >= 0.6 is 11.6 Å². The van der Waals surface area contributed by atoms with Crippen molar-refractivity contribution in [2.45, 2.75) is 46.5 Å². The lowest BCUT2D eigenvalue weighted by atomic mass is 10.1. The van der Waals surface area contributed by atoms with E-state index in [1.165, 1.54) is 11.1 Å². The molecule has 2 N–H and O–H groups in total. The zero-order chi connectivity index (χ0) is 19.4. The Morgan fingerprint density at radius 1 is 1.08 bits per heavy atom. The molecule has 0 radical (unpaired) electrons. The summed E-state index contributed by atoms with van der Waals surface area (Å²) in [4.78, 5) is 23.5. The molecule has 2 amide bonds. The number of allylic oxidation sites excluding steroid dienone is 4. The molecule has 26 heavy (non-hydrogen) atoms. The number of para-hydroxylation sites is 1. The second-order valence-corrected chi connectivity index (χ2v) is 6.58. The smallest absolute Gasteiger partial charge is 0.240 e. The maximum atomic E-state index is 11.8. The van der Waals surface area contributed by atoms with E-state index in [4.69, 9.17) is 11.6 Å². The number of rotatable bonds is 9. The Kier molecular flexibility index (Phi) is 10.0. The largest absolute Gasteiger partial charge is 0.325 e. The van der Waals surface area contributed by atoms with Crippen molar-refractivity contribution in [3.8, 4) is 0 Å². The summed E-state index contributed by atoms with van der Waals surface area (Å²) in [5.41, 5.74) is 5.43. The van der Waals surface area contributed by atoms with Gasteiger partial charge < -0.3 is 5.32 Å². The topological polar surface area (TPSA) is 70.6 Å². The summed E-state index contributed by atoms with van der Waals surface area (Å²) in [7, 11) is 0. The van der Waals surface area contributed by atoms with E-state index < -0.39 is 0 Å². The van der Waals surface area contributed by atoms with Crippen LogP contribution in [0, 0.1) is 0 Å². The Bertz CT molecular complexity index is 705. The van der Waals surface area contributed by atoms with Crippen molar-refractivity contribution in [1.82, 2.24) is 5.43 Å². The Balaban J connectivity index is 2.28. The first kappa shape index (κ1) is 21.6. The minimum atomic E-state index is -0.314. The number of halogens is 1. The maximum absolute atomic E-state index is 11.8. The SMILES string of the molecule is CC(C)=CCC/C(C)=C/C=N/NC(=O)CCC(=O)Nc1ccccc1Cl. The summed E-state index contributed by atoms with van der Waals surface area (Å²) in [6.45, 7) is 6.17. The molecule has 0 heterocycles. The molecular formula is C20H26ClN3O2. The highest BCUT2D eigenvalue weighted by atomic mass is 35.5. The number of carbonyl (C=O) groups excluding carboxylic acids is 2. The van der Waals surface area contributed by atoms with Crippen LogP contribution in [0.3, 0.4) is 0 Å². The fourth-order valence-corrected chi connectivity index (χ4v) is 2.19. The van der Waals surface area contributed by atoms with Crippen molar-refractivity contribution in [2.75, 3.05) is 5.32 Å². The lowest BCUT2D eigenvalue weighted by Crippen LogP contribution is -2.20. The third-order valence-electron chi connectivity index (χ3n) is 3.44. The molecule has 0 bridgehead atoms. The lowest BCUT2D eigenvalue weighted by Gasteiger charge is -2.06. The second kappa shape index (κ2) is 12.0. The van der Waals surface area contributed by atoms with Crippen LogP contribution in [0.1, 0.15) is 46.5 Å². The van der Waals surface area contributed by atoms with Crippen molar-refractivity contribution in [2.24, 2.45) is 5.10 Å². The summed E-state index contributed by atoms with van der Waals surface area (Å²) < 4.78 is 0. The third-order valence-corrected chi connectivity index (χ3v) is 3.77. The van der Waals surface area contributed by atoms with E-state index in [-0.39, 0.29) is 24.7 Å². The normalized spacial score (nSPS) is 11.3. The number of nitrogens with one attached hydrogen (secondary N) is 2. The van der Waals surface area contributed by atoms with Crippen LogP contribution in [0.25, 0.3) is 0 Å². The molecule has 0 aliphatic carbocycles. The van der Waals surface area contributed by atoms with Gasteiger partial charge in [-0.15, -0.1) is 0 Å². The molecule has 0 spiro atoms. The van der Waals surface area contributed by atoms with Gasteiger partial charge in [0.25, 0.3) is 0 Å². The van der Waals surface area contributed by atoms with E-state index in [1.54, 1.807) is 30.5 Å². The molecule has 0 aromatic heterocycles. The quantitative estimate of drug-likeness (QED) is 0.368. The van der Waals surface area contributed by atoms with Gasteiger partial charge in [0.1, 0.15) is 0 Å². The van der Waals surface area contributed by atoms with Gasteiger partial charge in [-0.2, -0.15) is 5.10 Å². The van der Waals surface area contributed by atoms with Crippen LogP contribution in [0.15, 0.2) is 52.7 Å². The average Bonchev–Trinajstić information content (AvgIpc) is 2.58. The molecular weight excluding hydrogens is 350 g/mol. The number of hydrazone groups is 1. The second-order valence-electron chi connectivity index (χ2n) is 6.17. The number of hydrogen-bond donors (Lipinski definition) is 2.